The molecular formula is C9H7N3S2. The van der Waals surface area contributed by atoms with Crippen molar-refractivity contribution >= 4 is 38.4 Å². The zero-order valence-electron chi connectivity index (χ0n) is 7.44. The van der Waals surface area contributed by atoms with Crippen molar-refractivity contribution in [3.8, 4) is 5.40 Å². The summed E-state index contributed by atoms with van der Waals surface area (Å²) in [6.07, 6.45) is 0. The summed E-state index contributed by atoms with van der Waals surface area (Å²) in [5.74, 6) is 0. The number of nitrogen functional groups attached to an aromatic ring is 1. The van der Waals surface area contributed by atoms with E-state index in [0.717, 1.165) is 20.7 Å². The summed E-state index contributed by atoms with van der Waals surface area (Å²) in [4.78, 5) is 5.15. The van der Waals surface area contributed by atoms with E-state index in [1.54, 1.807) is 0 Å². The topological polar surface area (TPSA) is 62.7 Å². The Hall–Kier alpha value is -1.25. The molecule has 0 saturated heterocycles. The molecule has 0 atom stereocenters. The van der Waals surface area contributed by atoms with Gasteiger partial charge in [-0.3, -0.25) is 0 Å². The van der Waals surface area contributed by atoms with Crippen LogP contribution >= 0.6 is 23.1 Å². The molecule has 5 heteroatoms. The average Bonchev–Trinajstić information content (AvgIpc) is 2.52. The van der Waals surface area contributed by atoms with Crippen LogP contribution in [-0.4, -0.2) is 4.98 Å². The number of nitrogens with two attached hydrogens (primary N) is 1. The zero-order chi connectivity index (χ0) is 10.1. The van der Waals surface area contributed by atoms with E-state index >= 15 is 0 Å². The predicted octanol–water partition coefficient (Wildman–Crippen LogP) is 2.76. The predicted molar refractivity (Wildman–Crippen MR) is 60.2 cm³/mol. The normalized spacial score (nSPS) is 10.3. The molecule has 0 bridgehead atoms. The Kier molecular flexibility index (Phi) is 2.32. The van der Waals surface area contributed by atoms with Gasteiger partial charge in [0.25, 0.3) is 0 Å². The molecule has 0 aliphatic heterocycles. The fraction of sp³-hybridized carbons (Fsp3) is 0.111. The van der Waals surface area contributed by atoms with Crippen molar-refractivity contribution in [2.24, 2.45) is 0 Å². The van der Waals surface area contributed by atoms with Gasteiger partial charge in [0.05, 0.1) is 10.2 Å². The van der Waals surface area contributed by atoms with E-state index in [1.165, 1.54) is 23.1 Å². The Balaban J connectivity index is 2.69. The number of anilines is 1. The third-order valence-electron chi connectivity index (χ3n) is 1.93. The van der Waals surface area contributed by atoms with E-state index < -0.39 is 0 Å². The number of thiazole rings is 1. The number of thioether (sulfide) groups is 1. The Bertz CT molecular complexity index is 525. The second-order valence-electron chi connectivity index (χ2n) is 2.78. The fourth-order valence-corrected chi connectivity index (χ4v) is 2.67. The standard InChI is InChI=1S/C9H7N3S2/c1-5-7(13-4-10)3-2-6-8(5)14-9(11)12-6/h2-3H,1H3,(H2,11,12). The number of thiocyanates is 1. The number of aromatic nitrogens is 1. The van der Waals surface area contributed by atoms with Gasteiger partial charge in [0.15, 0.2) is 5.13 Å². The van der Waals surface area contributed by atoms with Crippen LogP contribution in [0.2, 0.25) is 0 Å². The Morgan fingerprint density at radius 2 is 2.36 bits per heavy atom. The molecule has 0 aliphatic carbocycles. The summed E-state index contributed by atoms with van der Waals surface area (Å²) in [6, 6.07) is 3.81. The van der Waals surface area contributed by atoms with E-state index in [0.29, 0.717) is 5.13 Å². The van der Waals surface area contributed by atoms with Gasteiger partial charge < -0.3 is 5.73 Å². The van der Waals surface area contributed by atoms with Crippen molar-refractivity contribution in [2.45, 2.75) is 11.8 Å². The van der Waals surface area contributed by atoms with E-state index in [2.05, 4.69) is 10.4 Å². The smallest absolute Gasteiger partial charge is 0.181 e. The molecule has 14 heavy (non-hydrogen) atoms. The lowest BCUT2D eigenvalue weighted by molar-refractivity contribution is 1.35. The van der Waals surface area contributed by atoms with Gasteiger partial charge in [-0.05, 0) is 36.4 Å². The molecule has 1 heterocycles. The largest absolute Gasteiger partial charge is 0.375 e. The molecule has 1 aromatic carbocycles. The SMILES string of the molecule is Cc1c(SC#N)ccc2nc(N)sc12. The first-order valence-electron chi connectivity index (χ1n) is 3.94. The van der Waals surface area contributed by atoms with Crippen LogP contribution in [0.25, 0.3) is 10.2 Å². The summed E-state index contributed by atoms with van der Waals surface area (Å²) in [6.45, 7) is 1.99. The van der Waals surface area contributed by atoms with E-state index in [-0.39, 0.29) is 0 Å². The number of benzene rings is 1. The number of aryl methyl sites for hydroxylation is 1. The molecule has 0 unspecified atom stereocenters. The van der Waals surface area contributed by atoms with Crippen molar-refractivity contribution < 1.29 is 0 Å². The lowest BCUT2D eigenvalue weighted by Gasteiger charge is -1.99. The number of nitriles is 1. The van der Waals surface area contributed by atoms with Crippen molar-refractivity contribution in [3.05, 3.63) is 17.7 Å². The lowest BCUT2D eigenvalue weighted by atomic mass is 10.2. The van der Waals surface area contributed by atoms with Crippen LogP contribution in [0.3, 0.4) is 0 Å². The number of fused-ring (bicyclic) bond motifs is 1. The van der Waals surface area contributed by atoms with Gasteiger partial charge in [-0.25, -0.2) is 4.98 Å². The third-order valence-corrected chi connectivity index (χ3v) is 3.70. The van der Waals surface area contributed by atoms with Crippen LogP contribution < -0.4 is 5.73 Å². The van der Waals surface area contributed by atoms with Crippen molar-refractivity contribution in [1.29, 1.82) is 5.26 Å². The van der Waals surface area contributed by atoms with Gasteiger partial charge in [-0.15, -0.1) is 0 Å². The molecular weight excluding hydrogens is 214 g/mol. The van der Waals surface area contributed by atoms with Gasteiger partial charge in [0.1, 0.15) is 5.40 Å². The van der Waals surface area contributed by atoms with Crippen molar-refractivity contribution in [2.75, 3.05) is 5.73 Å². The van der Waals surface area contributed by atoms with Crippen LogP contribution in [0.15, 0.2) is 17.0 Å². The molecule has 0 fully saturated rings. The molecule has 3 nitrogen and oxygen atoms in total. The van der Waals surface area contributed by atoms with Crippen LogP contribution in [-0.2, 0) is 0 Å². The van der Waals surface area contributed by atoms with Gasteiger partial charge in [0.2, 0.25) is 0 Å². The summed E-state index contributed by atoms with van der Waals surface area (Å²) in [5, 5.41) is 11.2. The summed E-state index contributed by atoms with van der Waals surface area (Å²) >= 11 is 2.63. The fourth-order valence-electron chi connectivity index (χ4n) is 1.28. The van der Waals surface area contributed by atoms with Crippen molar-refractivity contribution in [1.82, 2.24) is 4.98 Å². The minimum absolute atomic E-state index is 0.571. The first kappa shape index (κ1) is 9.31. The lowest BCUT2D eigenvalue weighted by Crippen LogP contribution is -1.80. The van der Waals surface area contributed by atoms with Gasteiger partial charge >= 0.3 is 0 Å². The molecule has 0 radical (unpaired) electrons. The molecule has 2 rings (SSSR count). The van der Waals surface area contributed by atoms with Crippen LogP contribution in [0.1, 0.15) is 5.56 Å². The first-order chi connectivity index (χ1) is 6.72. The quantitative estimate of drug-likeness (QED) is 0.594. The average molecular weight is 221 g/mol. The maximum absolute atomic E-state index is 8.60. The van der Waals surface area contributed by atoms with Gasteiger partial charge in [-0.1, -0.05) is 11.3 Å². The Morgan fingerprint density at radius 3 is 3.07 bits per heavy atom. The minimum atomic E-state index is 0.571. The molecule has 0 saturated carbocycles. The maximum Gasteiger partial charge on any atom is 0.181 e. The molecule has 2 N–H and O–H groups in total. The van der Waals surface area contributed by atoms with E-state index in [1.807, 2.05) is 19.1 Å². The second kappa shape index (κ2) is 3.48. The monoisotopic (exact) mass is 221 g/mol. The third kappa shape index (κ3) is 1.43. The van der Waals surface area contributed by atoms with Gasteiger partial charge in [-0.2, -0.15) is 5.26 Å². The molecule has 0 spiro atoms. The van der Waals surface area contributed by atoms with E-state index in [4.69, 9.17) is 11.0 Å². The van der Waals surface area contributed by atoms with Crippen LogP contribution in [0.4, 0.5) is 5.13 Å². The minimum Gasteiger partial charge on any atom is -0.375 e. The second-order valence-corrected chi connectivity index (χ2v) is 4.64. The first-order valence-corrected chi connectivity index (χ1v) is 5.57. The maximum atomic E-state index is 8.60. The highest BCUT2D eigenvalue weighted by Crippen LogP contribution is 2.32. The molecule has 2 aromatic rings. The summed E-state index contributed by atoms with van der Waals surface area (Å²) in [5.41, 5.74) is 7.61. The van der Waals surface area contributed by atoms with Gasteiger partial charge in [0, 0.05) is 4.90 Å². The Morgan fingerprint density at radius 1 is 1.57 bits per heavy atom. The number of nitrogens with zero attached hydrogens (tertiary/aromatic N) is 2. The highest BCUT2D eigenvalue weighted by Gasteiger charge is 2.07. The molecule has 0 aliphatic rings. The number of rotatable bonds is 1. The number of hydrogen-bond donors (Lipinski definition) is 1. The number of hydrogen-bond acceptors (Lipinski definition) is 5. The Labute approximate surface area is 89.6 Å². The van der Waals surface area contributed by atoms with E-state index in [9.17, 15) is 0 Å². The molecule has 1 aromatic heterocycles. The van der Waals surface area contributed by atoms with Crippen LogP contribution in [0, 0.1) is 17.6 Å². The van der Waals surface area contributed by atoms with Crippen molar-refractivity contribution in [3.63, 3.8) is 0 Å². The summed E-state index contributed by atoms with van der Waals surface area (Å²) < 4.78 is 1.07. The highest BCUT2D eigenvalue weighted by molar-refractivity contribution is 8.03. The molecule has 0 amide bonds. The zero-order valence-corrected chi connectivity index (χ0v) is 9.08. The van der Waals surface area contributed by atoms with Crippen LogP contribution in [0.5, 0.6) is 0 Å². The molecule has 70 valence electrons. The summed E-state index contributed by atoms with van der Waals surface area (Å²) in [7, 11) is 0. The highest BCUT2D eigenvalue weighted by atomic mass is 32.2.